The average molecular weight is 520 g/mol. The fourth-order valence-corrected chi connectivity index (χ4v) is 5.48. The summed E-state index contributed by atoms with van der Waals surface area (Å²) in [5, 5.41) is 0. The Hall–Kier alpha value is -4.49. The minimum absolute atomic E-state index is 0.882. The second kappa shape index (κ2) is 12.1. The van der Waals surface area contributed by atoms with Crippen LogP contribution in [0.4, 0.5) is 0 Å². The fourth-order valence-electron chi connectivity index (χ4n) is 5.48. The van der Waals surface area contributed by atoms with Crippen molar-refractivity contribution in [3.8, 4) is 11.1 Å². The molecule has 1 aliphatic carbocycles. The molecule has 0 spiro atoms. The molecule has 0 radical (unpaired) electrons. The number of aryl methyl sites for hydroxylation is 1. The second-order valence-corrected chi connectivity index (χ2v) is 10.7. The summed E-state index contributed by atoms with van der Waals surface area (Å²) >= 11 is 0. The Morgan fingerprint density at radius 1 is 0.675 bits per heavy atom. The smallest absolute Gasteiger partial charge is 0.0649 e. The molecule has 0 fully saturated rings. The van der Waals surface area contributed by atoms with Gasteiger partial charge in [0, 0.05) is 12.6 Å². The molecule has 0 N–H and O–H groups in total. The van der Waals surface area contributed by atoms with E-state index in [9.17, 15) is 0 Å². The van der Waals surface area contributed by atoms with Gasteiger partial charge < -0.3 is 0 Å². The summed E-state index contributed by atoms with van der Waals surface area (Å²) in [6.45, 7) is 8.82. The molecule has 40 heavy (non-hydrogen) atoms. The van der Waals surface area contributed by atoms with Crippen LogP contribution < -0.4 is 0 Å². The first-order valence-corrected chi connectivity index (χ1v) is 14.0. The molecule has 0 aromatic heterocycles. The van der Waals surface area contributed by atoms with Crippen LogP contribution in [0.3, 0.4) is 0 Å². The first-order valence-electron chi connectivity index (χ1n) is 14.0. The molecule has 0 atom stereocenters. The Labute approximate surface area is 239 Å². The van der Waals surface area contributed by atoms with Gasteiger partial charge in [-0.1, -0.05) is 120 Å². The van der Waals surface area contributed by atoms with Crippen molar-refractivity contribution in [2.24, 2.45) is 4.99 Å². The Kier molecular flexibility index (Phi) is 8.22. The zero-order valence-corrected chi connectivity index (χ0v) is 24.2. The highest BCUT2D eigenvalue weighted by atomic mass is 14.7. The molecular weight excluding hydrogens is 482 g/mol. The molecule has 1 aliphatic rings. The molecule has 1 nitrogen and oxygen atoms in total. The molecule has 198 valence electrons. The van der Waals surface area contributed by atoms with Crippen LogP contribution in [0.5, 0.6) is 0 Å². The van der Waals surface area contributed by atoms with Gasteiger partial charge in [-0.2, -0.15) is 0 Å². The molecule has 0 amide bonds. The van der Waals surface area contributed by atoms with E-state index in [4.69, 9.17) is 0 Å². The minimum atomic E-state index is 0.882. The predicted octanol–water partition coefficient (Wildman–Crippen LogP) is 10.1. The highest BCUT2D eigenvalue weighted by Crippen LogP contribution is 2.34. The van der Waals surface area contributed by atoms with Crippen molar-refractivity contribution in [2.45, 2.75) is 34.1 Å². The van der Waals surface area contributed by atoms with E-state index >= 15 is 0 Å². The van der Waals surface area contributed by atoms with Crippen LogP contribution in [0.1, 0.15) is 54.2 Å². The largest absolute Gasteiger partial charge is 0.288 e. The first-order chi connectivity index (χ1) is 19.4. The highest BCUT2D eigenvalue weighted by Gasteiger charge is 2.17. The lowest BCUT2D eigenvalue weighted by Crippen LogP contribution is -2.06. The number of hydrogen-bond acceptors (Lipinski definition) is 1. The summed E-state index contributed by atoms with van der Waals surface area (Å²) in [6, 6.07) is 35.3. The summed E-state index contributed by atoms with van der Waals surface area (Å²) in [6.07, 6.45) is 9.36. The van der Waals surface area contributed by atoms with Gasteiger partial charge in [0.2, 0.25) is 0 Å². The van der Waals surface area contributed by atoms with Gasteiger partial charge in [-0.15, -0.1) is 0 Å². The lowest BCUT2D eigenvalue weighted by Gasteiger charge is -2.19. The van der Waals surface area contributed by atoms with Crippen molar-refractivity contribution in [2.75, 3.05) is 7.05 Å². The Morgan fingerprint density at radius 2 is 1.40 bits per heavy atom. The summed E-state index contributed by atoms with van der Waals surface area (Å²) < 4.78 is 0. The standard InChI is InChI=1S/C39H37N/c1-27(2)29(4)36-19-10-9-16-33(36)24-30-22-28(3)23-35(25-30)39(37-20-11-12-21-38(37)40-5)34-18-13-17-32(26-34)31-14-7-6-8-15-31/h6-23,25-26H,24H2,1-5H3/b39-37-,40-38?. The Morgan fingerprint density at radius 3 is 2.17 bits per heavy atom. The van der Waals surface area contributed by atoms with Gasteiger partial charge in [0.1, 0.15) is 0 Å². The van der Waals surface area contributed by atoms with Gasteiger partial charge in [0.25, 0.3) is 0 Å². The molecule has 0 saturated carbocycles. The molecule has 0 unspecified atom stereocenters. The molecule has 0 heterocycles. The number of allylic oxidation sites excluding steroid dienone is 7. The monoisotopic (exact) mass is 519 g/mol. The van der Waals surface area contributed by atoms with E-state index in [1.807, 2.05) is 7.05 Å². The van der Waals surface area contributed by atoms with E-state index in [0.29, 0.717) is 0 Å². The minimum Gasteiger partial charge on any atom is -0.288 e. The third-order valence-corrected chi connectivity index (χ3v) is 7.66. The zero-order valence-electron chi connectivity index (χ0n) is 24.2. The van der Waals surface area contributed by atoms with E-state index in [1.54, 1.807) is 0 Å². The zero-order chi connectivity index (χ0) is 28.1. The SMILES string of the molecule is CN=C1C=CC=C/C1=C(/c1cc(C)cc(Cc2ccccc2C(C)=C(C)C)c1)c1cccc(-c2ccccc2)c1. The number of rotatable bonds is 6. The van der Waals surface area contributed by atoms with Crippen LogP contribution in [0.25, 0.3) is 22.3 Å². The van der Waals surface area contributed by atoms with Crippen molar-refractivity contribution in [1.29, 1.82) is 0 Å². The maximum absolute atomic E-state index is 4.66. The number of nitrogens with zero attached hydrogens (tertiary/aromatic N) is 1. The van der Waals surface area contributed by atoms with Gasteiger partial charge in [0.15, 0.2) is 0 Å². The van der Waals surface area contributed by atoms with Crippen LogP contribution in [0.2, 0.25) is 0 Å². The van der Waals surface area contributed by atoms with Gasteiger partial charge in [-0.3, -0.25) is 4.99 Å². The highest BCUT2D eigenvalue weighted by molar-refractivity contribution is 6.17. The lowest BCUT2D eigenvalue weighted by molar-refractivity contribution is 1.16. The Bertz CT molecular complexity index is 1690. The summed E-state index contributed by atoms with van der Waals surface area (Å²) in [4.78, 5) is 4.66. The molecule has 1 heteroatoms. The van der Waals surface area contributed by atoms with Crippen LogP contribution in [-0.4, -0.2) is 12.8 Å². The molecule has 0 bridgehead atoms. The van der Waals surface area contributed by atoms with Crippen molar-refractivity contribution < 1.29 is 0 Å². The van der Waals surface area contributed by atoms with Crippen molar-refractivity contribution in [1.82, 2.24) is 0 Å². The summed E-state index contributed by atoms with van der Waals surface area (Å²) in [5.41, 5.74) is 16.1. The van der Waals surface area contributed by atoms with E-state index in [1.165, 1.54) is 61.2 Å². The van der Waals surface area contributed by atoms with E-state index in [0.717, 1.165) is 17.7 Å². The summed E-state index contributed by atoms with van der Waals surface area (Å²) in [7, 11) is 1.88. The normalized spacial score (nSPS) is 14.9. The first kappa shape index (κ1) is 27.1. The molecular formula is C39H37N. The maximum atomic E-state index is 4.66. The van der Waals surface area contributed by atoms with Crippen LogP contribution in [0, 0.1) is 6.92 Å². The maximum Gasteiger partial charge on any atom is 0.0649 e. The van der Waals surface area contributed by atoms with Gasteiger partial charge in [-0.25, -0.2) is 0 Å². The number of aliphatic imine (C=N–C) groups is 1. The van der Waals surface area contributed by atoms with E-state index in [-0.39, 0.29) is 0 Å². The quantitative estimate of drug-likeness (QED) is 0.240. The lowest BCUT2D eigenvalue weighted by atomic mass is 9.85. The number of hydrogen-bond donors (Lipinski definition) is 0. The van der Waals surface area contributed by atoms with Crippen molar-refractivity contribution in [3.05, 3.63) is 166 Å². The third kappa shape index (κ3) is 5.90. The molecule has 0 saturated heterocycles. The van der Waals surface area contributed by atoms with E-state index < -0.39 is 0 Å². The summed E-state index contributed by atoms with van der Waals surface area (Å²) in [5.74, 6) is 0. The second-order valence-electron chi connectivity index (χ2n) is 10.7. The van der Waals surface area contributed by atoms with Gasteiger partial charge in [0.05, 0.1) is 5.71 Å². The molecule has 0 aliphatic heterocycles. The predicted molar refractivity (Wildman–Crippen MR) is 174 cm³/mol. The third-order valence-electron chi connectivity index (χ3n) is 7.66. The van der Waals surface area contributed by atoms with Crippen LogP contribution >= 0.6 is 0 Å². The molecule has 4 aromatic rings. The van der Waals surface area contributed by atoms with Crippen molar-refractivity contribution >= 4 is 16.9 Å². The average Bonchev–Trinajstić information content (AvgIpc) is 2.98. The van der Waals surface area contributed by atoms with Crippen molar-refractivity contribution in [3.63, 3.8) is 0 Å². The van der Waals surface area contributed by atoms with E-state index in [2.05, 4.69) is 154 Å². The van der Waals surface area contributed by atoms with Crippen LogP contribution in [-0.2, 0) is 6.42 Å². The molecule has 5 rings (SSSR count). The Balaban J connectivity index is 1.67. The fraction of sp³-hybridized carbons (Fsp3) is 0.154. The van der Waals surface area contributed by atoms with Gasteiger partial charge in [-0.05, 0) is 96.3 Å². The molecule has 4 aromatic carbocycles. The van der Waals surface area contributed by atoms with Gasteiger partial charge >= 0.3 is 0 Å². The number of benzene rings is 4. The van der Waals surface area contributed by atoms with Crippen LogP contribution in [0.15, 0.2) is 138 Å². The topological polar surface area (TPSA) is 12.4 Å².